The number of unbranched alkanes of at least 4 members (excludes halogenated alkanes) is 1. The maximum atomic E-state index is 12.4. The summed E-state index contributed by atoms with van der Waals surface area (Å²) in [6.07, 6.45) is 1.82. The molecular weight excluding hydrogens is 284 g/mol. The number of hydrogen-bond acceptors (Lipinski definition) is 3. The van der Waals surface area contributed by atoms with Gasteiger partial charge in [-0.1, -0.05) is 33.3 Å². The van der Waals surface area contributed by atoms with E-state index in [0.29, 0.717) is 24.0 Å². The molecule has 0 amide bonds. The van der Waals surface area contributed by atoms with Gasteiger partial charge >= 0.3 is 0 Å². The highest BCUT2D eigenvalue weighted by molar-refractivity contribution is 7.89. The largest absolute Gasteiger partial charge is 0.310 e. The van der Waals surface area contributed by atoms with Gasteiger partial charge in [-0.2, -0.15) is 0 Å². The van der Waals surface area contributed by atoms with Gasteiger partial charge < -0.3 is 5.32 Å². The molecule has 120 valence electrons. The lowest BCUT2D eigenvalue weighted by molar-refractivity contribution is 0.575. The van der Waals surface area contributed by atoms with Crippen LogP contribution >= 0.6 is 0 Å². The molecular formula is C16H28N2O2S. The highest BCUT2D eigenvalue weighted by Gasteiger charge is 2.18. The van der Waals surface area contributed by atoms with Crippen molar-refractivity contribution >= 4 is 10.0 Å². The number of nitrogens with one attached hydrogen (secondary N) is 2. The van der Waals surface area contributed by atoms with Crippen LogP contribution in [0.15, 0.2) is 17.0 Å². The fourth-order valence-corrected chi connectivity index (χ4v) is 3.48. The summed E-state index contributed by atoms with van der Waals surface area (Å²) < 4.78 is 27.5. The smallest absolute Gasteiger partial charge is 0.240 e. The van der Waals surface area contributed by atoms with E-state index in [1.807, 2.05) is 26.8 Å². The zero-order valence-corrected chi connectivity index (χ0v) is 14.6. The van der Waals surface area contributed by atoms with Gasteiger partial charge in [0.25, 0.3) is 0 Å². The van der Waals surface area contributed by atoms with Crippen LogP contribution in [0, 0.1) is 13.8 Å². The molecule has 2 N–H and O–H groups in total. The van der Waals surface area contributed by atoms with E-state index in [1.54, 1.807) is 6.07 Å². The topological polar surface area (TPSA) is 58.2 Å². The van der Waals surface area contributed by atoms with Crippen molar-refractivity contribution < 1.29 is 8.42 Å². The Morgan fingerprint density at radius 2 is 1.81 bits per heavy atom. The average molecular weight is 312 g/mol. The van der Waals surface area contributed by atoms with Gasteiger partial charge in [0.15, 0.2) is 0 Å². The van der Waals surface area contributed by atoms with Crippen LogP contribution in [0.3, 0.4) is 0 Å². The zero-order valence-electron chi connectivity index (χ0n) is 13.8. The lowest BCUT2D eigenvalue weighted by atomic mass is 10.1. The van der Waals surface area contributed by atoms with Crippen molar-refractivity contribution in [2.24, 2.45) is 0 Å². The van der Waals surface area contributed by atoms with Crippen LogP contribution in [0.4, 0.5) is 0 Å². The summed E-state index contributed by atoms with van der Waals surface area (Å²) in [4.78, 5) is 0.393. The van der Waals surface area contributed by atoms with Crippen molar-refractivity contribution in [3.05, 3.63) is 28.8 Å². The van der Waals surface area contributed by atoms with Gasteiger partial charge in [0.1, 0.15) is 0 Å². The highest BCUT2D eigenvalue weighted by Crippen LogP contribution is 2.20. The molecule has 0 fully saturated rings. The fourth-order valence-electron chi connectivity index (χ4n) is 2.13. The average Bonchev–Trinajstić information content (AvgIpc) is 2.37. The Labute approximate surface area is 129 Å². The molecule has 0 saturated carbocycles. The highest BCUT2D eigenvalue weighted by atomic mass is 32.2. The molecule has 0 saturated heterocycles. The summed E-state index contributed by atoms with van der Waals surface area (Å²) in [5.41, 5.74) is 2.95. The quantitative estimate of drug-likeness (QED) is 0.726. The Morgan fingerprint density at radius 1 is 1.14 bits per heavy atom. The van der Waals surface area contributed by atoms with E-state index in [2.05, 4.69) is 23.9 Å². The summed E-state index contributed by atoms with van der Waals surface area (Å²) in [5.74, 6) is 0. The third-order valence-electron chi connectivity index (χ3n) is 3.45. The number of benzene rings is 1. The van der Waals surface area contributed by atoms with Crippen LogP contribution in [-0.4, -0.2) is 21.0 Å². The van der Waals surface area contributed by atoms with Crippen molar-refractivity contribution in [3.63, 3.8) is 0 Å². The molecule has 1 rings (SSSR count). The number of aryl methyl sites for hydroxylation is 2. The minimum Gasteiger partial charge on any atom is -0.310 e. The first-order chi connectivity index (χ1) is 9.77. The van der Waals surface area contributed by atoms with E-state index >= 15 is 0 Å². The van der Waals surface area contributed by atoms with Gasteiger partial charge in [-0.3, -0.25) is 0 Å². The zero-order chi connectivity index (χ0) is 16.0. The summed E-state index contributed by atoms with van der Waals surface area (Å²) in [6.45, 7) is 11.2. The van der Waals surface area contributed by atoms with Crippen molar-refractivity contribution in [2.75, 3.05) is 6.54 Å². The molecule has 0 spiro atoms. The molecule has 0 bridgehead atoms. The molecule has 0 aliphatic heterocycles. The van der Waals surface area contributed by atoms with E-state index in [9.17, 15) is 8.42 Å². The second-order valence-electron chi connectivity index (χ2n) is 5.83. The summed E-state index contributed by atoms with van der Waals surface area (Å²) >= 11 is 0. The van der Waals surface area contributed by atoms with Crippen LogP contribution in [0.25, 0.3) is 0 Å². The van der Waals surface area contributed by atoms with Crippen LogP contribution in [0.2, 0.25) is 0 Å². The Hall–Kier alpha value is -0.910. The third kappa shape index (κ3) is 5.41. The van der Waals surface area contributed by atoms with Crippen molar-refractivity contribution in [3.8, 4) is 0 Å². The van der Waals surface area contributed by atoms with Crippen molar-refractivity contribution in [2.45, 2.75) is 64.9 Å². The van der Waals surface area contributed by atoms with Gasteiger partial charge in [-0.05, 0) is 43.0 Å². The van der Waals surface area contributed by atoms with E-state index in [-0.39, 0.29) is 0 Å². The first-order valence-corrected chi connectivity index (χ1v) is 9.09. The molecule has 5 heteroatoms. The van der Waals surface area contributed by atoms with Gasteiger partial charge in [-0.25, -0.2) is 13.1 Å². The maximum absolute atomic E-state index is 12.4. The Morgan fingerprint density at radius 3 is 2.38 bits per heavy atom. The number of hydrogen-bond donors (Lipinski definition) is 2. The molecule has 0 aromatic heterocycles. The molecule has 0 aliphatic rings. The Bertz CT molecular complexity index is 566. The van der Waals surface area contributed by atoms with Crippen LogP contribution in [-0.2, 0) is 16.6 Å². The molecule has 1 aromatic rings. The van der Waals surface area contributed by atoms with Crippen LogP contribution in [0.1, 0.15) is 50.3 Å². The van der Waals surface area contributed by atoms with Crippen LogP contribution < -0.4 is 10.0 Å². The van der Waals surface area contributed by atoms with E-state index in [1.165, 1.54) is 0 Å². The van der Waals surface area contributed by atoms with Gasteiger partial charge in [0, 0.05) is 19.1 Å². The molecule has 0 heterocycles. The summed E-state index contributed by atoms with van der Waals surface area (Å²) in [6, 6.07) is 4.12. The van der Waals surface area contributed by atoms with E-state index in [4.69, 9.17) is 0 Å². The fraction of sp³-hybridized carbons (Fsp3) is 0.625. The van der Waals surface area contributed by atoms with Crippen molar-refractivity contribution in [1.82, 2.24) is 10.0 Å². The molecule has 0 aliphatic carbocycles. The molecule has 0 atom stereocenters. The first kappa shape index (κ1) is 18.1. The predicted octanol–water partition coefficient (Wildman–Crippen LogP) is 2.88. The first-order valence-electron chi connectivity index (χ1n) is 7.61. The monoisotopic (exact) mass is 312 g/mol. The Balaban J connectivity index is 3.03. The molecule has 21 heavy (non-hydrogen) atoms. The van der Waals surface area contributed by atoms with E-state index < -0.39 is 10.0 Å². The van der Waals surface area contributed by atoms with Gasteiger partial charge in [-0.15, -0.1) is 0 Å². The van der Waals surface area contributed by atoms with Gasteiger partial charge in [0.05, 0.1) is 4.90 Å². The second kappa shape index (κ2) is 7.92. The van der Waals surface area contributed by atoms with E-state index in [0.717, 1.165) is 29.5 Å². The molecule has 0 unspecified atom stereocenters. The molecule has 1 aromatic carbocycles. The summed E-state index contributed by atoms with van der Waals surface area (Å²) in [7, 11) is -3.42. The molecule has 4 nitrogen and oxygen atoms in total. The predicted molar refractivity (Wildman–Crippen MR) is 88.0 cm³/mol. The van der Waals surface area contributed by atoms with Crippen LogP contribution in [0.5, 0.6) is 0 Å². The van der Waals surface area contributed by atoms with Gasteiger partial charge in [0.2, 0.25) is 10.0 Å². The molecule has 0 radical (unpaired) electrons. The lowest BCUT2D eigenvalue weighted by Crippen LogP contribution is -2.26. The Kier molecular flexibility index (Phi) is 6.84. The second-order valence-corrected chi connectivity index (χ2v) is 7.57. The normalized spacial score (nSPS) is 12.1. The van der Waals surface area contributed by atoms with Crippen molar-refractivity contribution in [1.29, 1.82) is 0 Å². The number of rotatable bonds is 8. The minimum absolute atomic E-state index is 0.369. The third-order valence-corrected chi connectivity index (χ3v) is 5.05. The lowest BCUT2D eigenvalue weighted by Gasteiger charge is -2.15. The standard InChI is InChI=1S/C16H28N2O2S/c1-6-7-8-18-21(19,20)16-10-15(11-17-12(2)3)13(4)9-14(16)5/h9-10,12,17-18H,6-8,11H2,1-5H3. The minimum atomic E-state index is -3.42. The maximum Gasteiger partial charge on any atom is 0.240 e. The summed E-state index contributed by atoms with van der Waals surface area (Å²) in [5, 5.41) is 3.34. The number of sulfonamides is 1. The SMILES string of the molecule is CCCCNS(=O)(=O)c1cc(CNC(C)C)c(C)cc1C.